The van der Waals surface area contributed by atoms with Gasteiger partial charge >= 0.3 is 0 Å². The summed E-state index contributed by atoms with van der Waals surface area (Å²) in [6.07, 6.45) is 1.02. The van der Waals surface area contributed by atoms with Gasteiger partial charge in [-0.25, -0.2) is 0 Å². The van der Waals surface area contributed by atoms with Crippen LogP contribution in [0.15, 0.2) is 57.9 Å². The predicted octanol–water partition coefficient (Wildman–Crippen LogP) is 4.59. The van der Waals surface area contributed by atoms with E-state index in [-0.39, 0.29) is 0 Å². The summed E-state index contributed by atoms with van der Waals surface area (Å²) in [4.78, 5) is 1.28. The molecule has 2 rings (SSSR count). The molecule has 2 N–H and O–H groups in total. The monoisotopic (exact) mass is 337 g/mol. The van der Waals surface area contributed by atoms with Gasteiger partial charge in [0.25, 0.3) is 0 Å². The minimum Gasteiger partial charge on any atom is -0.494 e. The van der Waals surface area contributed by atoms with E-state index in [1.807, 2.05) is 42.1 Å². The average molecular weight is 338 g/mol. The summed E-state index contributed by atoms with van der Waals surface area (Å²) >= 11 is 5.32. The second kappa shape index (κ2) is 7.46. The van der Waals surface area contributed by atoms with Crippen LogP contribution < -0.4 is 10.5 Å². The van der Waals surface area contributed by atoms with Crippen LogP contribution in [0, 0.1) is 0 Å². The lowest BCUT2D eigenvalue weighted by Crippen LogP contribution is -1.98. The van der Waals surface area contributed by atoms with Crippen molar-refractivity contribution >= 4 is 33.4 Å². The number of ether oxygens (including phenoxy) is 1. The van der Waals surface area contributed by atoms with Gasteiger partial charge in [-0.15, -0.1) is 11.8 Å². The summed E-state index contributed by atoms with van der Waals surface area (Å²) in [5.74, 6) is 1.92. The molecule has 0 spiro atoms. The zero-order valence-electron chi connectivity index (χ0n) is 10.5. The number of nitrogens with two attached hydrogens (primary N) is 1. The third kappa shape index (κ3) is 5.17. The van der Waals surface area contributed by atoms with Crippen LogP contribution in [0.5, 0.6) is 5.75 Å². The molecule has 0 fully saturated rings. The maximum atomic E-state index is 5.64. The van der Waals surface area contributed by atoms with Crippen molar-refractivity contribution in [2.75, 3.05) is 18.1 Å². The first-order valence-electron chi connectivity index (χ1n) is 6.11. The lowest BCUT2D eigenvalue weighted by Gasteiger charge is -2.06. The fraction of sp³-hybridized carbons (Fsp3) is 0.200. The van der Waals surface area contributed by atoms with Crippen LogP contribution >= 0.6 is 27.7 Å². The number of nitrogen functional groups attached to an aromatic ring is 1. The topological polar surface area (TPSA) is 35.2 Å². The van der Waals surface area contributed by atoms with Crippen molar-refractivity contribution in [2.45, 2.75) is 11.3 Å². The van der Waals surface area contributed by atoms with Gasteiger partial charge < -0.3 is 10.5 Å². The molecule has 0 aliphatic carbocycles. The van der Waals surface area contributed by atoms with E-state index in [2.05, 4.69) is 34.1 Å². The molecule has 2 aromatic rings. The zero-order valence-corrected chi connectivity index (χ0v) is 12.9. The van der Waals surface area contributed by atoms with Gasteiger partial charge in [0, 0.05) is 20.8 Å². The first-order valence-corrected chi connectivity index (χ1v) is 7.88. The third-order valence-corrected chi connectivity index (χ3v) is 4.08. The molecule has 0 bridgehead atoms. The first-order chi connectivity index (χ1) is 9.24. The normalized spacial score (nSPS) is 10.4. The Morgan fingerprint density at radius 3 is 2.63 bits per heavy atom. The number of hydrogen-bond donors (Lipinski definition) is 1. The highest BCUT2D eigenvalue weighted by Crippen LogP contribution is 2.22. The second-order valence-electron chi connectivity index (χ2n) is 4.08. The minimum absolute atomic E-state index is 0.727. The SMILES string of the molecule is Nc1ccc(OCCCSc2cccc(Br)c2)cc1. The predicted molar refractivity (Wildman–Crippen MR) is 85.8 cm³/mol. The van der Waals surface area contributed by atoms with Crippen molar-refractivity contribution in [2.24, 2.45) is 0 Å². The summed E-state index contributed by atoms with van der Waals surface area (Å²) in [5, 5.41) is 0. The van der Waals surface area contributed by atoms with Gasteiger partial charge in [-0.3, -0.25) is 0 Å². The Bertz CT molecular complexity index is 516. The van der Waals surface area contributed by atoms with E-state index in [4.69, 9.17) is 10.5 Å². The van der Waals surface area contributed by atoms with Crippen LogP contribution in [0.3, 0.4) is 0 Å². The Kier molecular flexibility index (Phi) is 5.61. The molecule has 4 heteroatoms. The van der Waals surface area contributed by atoms with E-state index >= 15 is 0 Å². The number of rotatable bonds is 6. The number of halogens is 1. The molecule has 0 aromatic heterocycles. The van der Waals surface area contributed by atoms with Gasteiger partial charge in [-0.2, -0.15) is 0 Å². The number of anilines is 1. The third-order valence-electron chi connectivity index (χ3n) is 2.50. The van der Waals surface area contributed by atoms with Crippen molar-refractivity contribution < 1.29 is 4.74 Å². The Balaban J connectivity index is 1.66. The summed E-state index contributed by atoms with van der Waals surface area (Å²) in [6.45, 7) is 0.727. The smallest absolute Gasteiger partial charge is 0.119 e. The van der Waals surface area contributed by atoms with Gasteiger partial charge in [0.05, 0.1) is 6.61 Å². The minimum atomic E-state index is 0.727. The molecule has 0 saturated carbocycles. The lowest BCUT2D eigenvalue weighted by atomic mass is 10.3. The van der Waals surface area contributed by atoms with Crippen molar-refractivity contribution in [3.63, 3.8) is 0 Å². The van der Waals surface area contributed by atoms with Gasteiger partial charge in [-0.1, -0.05) is 22.0 Å². The molecule has 19 heavy (non-hydrogen) atoms. The Morgan fingerprint density at radius 1 is 1.11 bits per heavy atom. The van der Waals surface area contributed by atoms with E-state index in [9.17, 15) is 0 Å². The Hall–Kier alpha value is -1.13. The highest BCUT2D eigenvalue weighted by molar-refractivity contribution is 9.10. The molecule has 2 nitrogen and oxygen atoms in total. The van der Waals surface area contributed by atoms with Crippen LogP contribution in [-0.2, 0) is 0 Å². The zero-order chi connectivity index (χ0) is 13.5. The number of hydrogen-bond acceptors (Lipinski definition) is 3. The van der Waals surface area contributed by atoms with Crippen molar-refractivity contribution in [1.82, 2.24) is 0 Å². The summed E-state index contributed by atoms with van der Waals surface area (Å²) in [6, 6.07) is 15.8. The fourth-order valence-corrected chi connectivity index (χ4v) is 2.99. The van der Waals surface area contributed by atoms with Crippen LogP contribution in [0.2, 0.25) is 0 Å². The number of thioether (sulfide) groups is 1. The molecule has 0 aliphatic heterocycles. The van der Waals surface area contributed by atoms with Crippen LogP contribution in [0.25, 0.3) is 0 Å². The van der Waals surface area contributed by atoms with E-state index in [1.54, 1.807) is 0 Å². The largest absolute Gasteiger partial charge is 0.494 e. The molecule has 0 atom stereocenters. The summed E-state index contributed by atoms with van der Waals surface area (Å²) in [7, 11) is 0. The highest BCUT2D eigenvalue weighted by Gasteiger charge is 1.97. The van der Waals surface area contributed by atoms with E-state index in [0.29, 0.717) is 0 Å². The lowest BCUT2D eigenvalue weighted by molar-refractivity contribution is 0.319. The van der Waals surface area contributed by atoms with Crippen LogP contribution in [0.4, 0.5) is 5.69 Å². The van der Waals surface area contributed by atoms with Crippen LogP contribution in [-0.4, -0.2) is 12.4 Å². The van der Waals surface area contributed by atoms with Crippen molar-refractivity contribution in [3.05, 3.63) is 53.0 Å². The van der Waals surface area contributed by atoms with Crippen molar-refractivity contribution in [1.29, 1.82) is 0 Å². The van der Waals surface area contributed by atoms with Gasteiger partial charge in [0.15, 0.2) is 0 Å². The maximum absolute atomic E-state index is 5.64. The van der Waals surface area contributed by atoms with Crippen molar-refractivity contribution in [3.8, 4) is 5.75 Å². The molecule has 0 radical (unpaired) electrons. The van der Waals surface area contributed by atoms with Gasteiger partial charge in [0.1, 0.15) is 5.75 Å². The molecular weight excluding hydrogens is 322 g/mol. The standard InChI is InChI=1S/C15H16BrNOS/c16-12-3-1-4-15(11-12)19-10-2-9-18-14-7-5-13(17)6-8-14/h1,3-8,11H,2,9-10,17H2. The van der Waals surface area contributed by atoms with Crippen LogP contribution in [0.1, 0.15) is 6.42 Å². The molecule has 0 saturated heterocycles. The van der Waals surface area contributed by atoms with E-state index in [0.717, 1.165) is 34.7 Å². The second-order valence-corrected chi connectivity index (χ2v) is 6.16. The summed E-state index contributed by atoms with van der Waals surface area (Å²) in [5.41, 5.74) is 6.38. The van der Waals surface area contributed by atoms with Gasteiger partial charge in [0.2, 0.25) is 0 Å². The first kappa shape index (κ1) is 14.3. The Labute approximate surface area is 126 Å². The van der Waals surface area contributed by atoms with Gasteiger partial charge in [-0.05, 0) is 48.9 Å². The molecule has 0 unspecified atom stereocenters. The summed E-state index contributed by atoms with van der Waals surface area (Å²) < 4.78 is 6.77. The molecule has 2 aromatic carbocycles. The molecule has 0 heterocycles. The molecule has 0 amide bonds. The highest BCUT2D eigenvalue weighted by atomic mass is 79.9. The molecule has 0 aliphatic rings. The number of benzene rings is 2. The van der Waals surface area contributed by atoms with E-state index in [1.165, 1.54) is 4.90 Å². The quantitative estimate of drug-likeness (QED) is 0.475. The molecular formula is C15H16BrNOS. The van der Waals surface area contributed by atoms with E-state index < -0.39 is 0 Å². The molecule has 100 valence electrons. The Morgan fingerprint density at radius 2 is 1.89 bits per heavy atom. The maximum Gasteiger partial charge on any atom is 0.119 e. The average Bonchev–Trinajstić information content (AvgIpc) is 2.41. The fourth-order valence-electron chi connectivity index (χ4n) is 1.56.